The molecule has 0 radical (unpaired) electrons. The van der Waals surface area contributed by atoms with Crippen molar-refractivity contribution in [1.82, 2.24) is 5.32 Å². The standard InChI is InChI=1S/C14H20F3N5.2ClH/c1-3-8-20-12(18)22-13(19)21-9(2)10-4-6-11(7-5-10)14(15,16)17;;/h4-7,9H,3,8H2,1-2H3,(H5,18,19,20,21,22);2*1H. The number of guanidine groups is 2. The number of aliphatic imine (C=N–C) groups is 2. The van der Waals surface area contributed by atoms with Gasteiger partial charge in [0.25, 0.3) is 0 Å². The summed E-state index contributed by atoms with van der Waals surface area (Å²) in [5, 5.41) is 2.63. The van der Waals surface area contributed by atoms with E-state index in [4.69, 9.17) is 11.5 Å². The Labute approximate surface area is 151 Å². The summed E-state index contributed by atoms with van der Waals surface area (Å²) in [6.45, 7) is 4.25. The van der Waals surface area contributed by atoms with Crippen molar-refractivity contribution in [2.75, 3.05) is 6.54 Å². The second-order valence-corrected chi connectivity index (χ2v) is 4.70. The molecular weight excluding hydrogens is 366 g/mol. The average molecular weight is 388 g/mol. The second-order valence-electron chi connectivity index (χ2n) is 4.70. The van der Waals surface area contributed by atoms with Crippen LogP contribution in [0, 0.1) is 0 Å². The van der Waals surface area contributed by atoms with Crippen molar-refractivity contribution in [2.24, 2.45) is 21.5 Å². The van der Waals surface area contributed by atoms with E-state index in [-0.39, 0.29) is 36.7 Å². The van der Waals surface area contributed by atoms with E-state index in [0.717, 1.165) is 18.6 Å². The summed E-state index contributed by atoms with van der Waals surface area (Å²) in [7, 11) is 0. The molecule has 1 unspecified atom stereocenters. The zero-order chi connectivity index (χ0) is 16.8. The van der Waals surface area contributed by atoms with Gasteiger partial charge in [0.15, 0.2) is 11.9 Å². The van der Waals surface area contributed by atoms with E-state index in [2.05, 4.69) is 15.3 Å². The highest BCUT2D eigenvalue weighted by molar-refractivity contribution is 5.97. The van der Waals surface area contributed by atoms with Crippen LogP contribution >= 0.6 is 24.8 Å². The molecule has 0 aromatic heterocycles. The maximum absolute atomic E-state index is 12.5. The molecule has 0 aliphatic heterocycles. The molecule has 10 heteroatoms. The Morgan fingerprint density at radius 1 is 1.12 bits per heavy atom. The Morgan fingerprint density at radius 3 is 2.12 bits per heavy atom. The fourth-order valence-corrected chi connectivity index (χ4v) is 1.67. The molecule has 138 valence electrons. The molecule has 1 rings (SSSR count). The van der Waals surface area contributed by atoms with Crippen LogP contribution in [-0.4, -0.2) is 18.5 Å². The lowest BCUT2D eigenvalue weighted by Crippen LogP contribution is -2.41. The zero-order valence-electron chi connectivity index (χ0n) is 13.3. The molecule has 0 amide bonds. The molecule has 0 saturated heterocycles. The van der Waals surface area contributed by atoms with Gasteiger partial charge in [0.1, 0.15) is 0 Å². The number of nitrogens with one attached hydrogen (secondary N) is 1. The Hall–Kier alpha value is -1.67. The molecule has 0 spiro atoms. The van der Waals surface area contributed by atoms with Crippen LogP contribution < -0.4 is 16.8 Å². The van der Waals surface area contributed by atoms with Gasteiger partial charge in [0.05, 0.1) is 11.6 Å². The first-order valence-corrected chi connectivity index (χ1v) is 6.81. The fraction of sp³-hybridized carbons (Fsp3) is 0.429. The van der Waals surface area contributed by atoms with Crippen LogP contribution in [0.15, 0.2) is 34.3 Å². The van der Waals surface area contributed by atoms with E-state index in [0.29, 0.717) is 12.1 Å². The van der Waals surface area contributed by atoms with Crippen LogP contribution in [0.25, 0.3) is 0 Å². The van der Waals surface area contributed by atoms with E-state index < -0.39 is 17.8 Å². The van der Waals surface area contributed by atoms with Crippen LogP contribution in [0.1, 0.15) is 37.4 Å². The minimum Gasteiger partial charge on any atom is -0.370 e. The summed E-state index contributed by atoms with van der Waals surface area (Å²) in [5.74, 6) is 0.215. The van der Waals surface area contributed by atoms with Crippen LogP contribution in [-0.2, 0) is 6.18 Å². The lowest BCUT2D eigenvalue weighted by atomic mass is 10.1. The van der Waals surface area contributed by atoms with Gasteiger partial charge in [-0.05, 0) is 31.0 Å². The van der Waals surface area contributed by atoms with E-state index in [1.807, 2.05) is 6.92 Å². The van der Waals surface area contributed by atoms with Crippen LogP contribution in [0.5, 0.6) is 0 Å². The number of alkyl halides is 3. The van der Waals surface area contributed by atoms with E-state index in [1.54, 1.807) is 6.92 Å². The Balaban J connectivity index is 0. The van der Waals surface area contributed by atoms with Crippen LogP contribution in [0.3, 0.4) is 0 Å². The maximum Gasteiger partial charge on any atom is 0.416 e. The number of hydrogen-bond acceptors (Lipinski definition) is 2. The third-order valence-corrected chi connectivity index (χ3v) is 2.82. The fourth-order valence-electron chi connectivity index (χ4n) is 1.67. The molecule has 1 aromatic rings. The molecule has 1 atom stereocenters. The van der Waals surface area contributed by atoms with Crippen molar-refractivity contribution in [1.29, 1.82) is 0 Å². The number of rotatable bonds is 4. The van der Waals surface area contributed by atoms with Crippen molar-refractivity contribution in [3.05, 3.63) is 35.4 Å². The van der Waals surface area contributed by atoms with Gasteiger partial charge in [-0.25, -0.2) is 4.99 Å². The number of nitrogens with two attached hydrogens (primary N) is 2. The molecule has 0 aliphatic carbocycles. The normalized spacial score (nSPS) is 13.5. The monoisotopic (exact) mass is 387 g/mol. The van der Waals surface area contributed by atoms with Crippen LogP contribution in [0.4, 0.5) is 13.2 Å². The number of hydrogen-bond donors (Lipinski definition) is 3. The summed E-state index contributed by atoms with van der Waals surface area (Å²) in [6, 6.07) is 4.37. The first-order chi connectivity index (χ1) is 10.2. The Bertz CT molecular complexity index is 544. The lowest BCUT2D eigenvalue weighted by Gasteiger charge is -2.12. The number of benzene rings is 1. The average Bonchev–Trinajstić information content (AvgIpc) is 2.44. The Morgan fingerprint density at radius 2 is 1.67 bits per heavy atom. The molecule has 0 aliphatic rings. The third-order valence-electron chi connectivity index (χ3n) is 2.82. The van der Waals surface area contributed by atoms with Gasteiger partial charge in [-0.15, -0.1) is 24.8 Å². The van der Waals surface area contributed by atoms with E-state index in [9.17, 15) is 13.2 Å². The van der Waals surface area contributed by atoms with E-state index >= 15 is 0 Å². The molecule has 0 heterocycles. The SMILES string of the molecule is CCCN=C(N)NC(N)=NC(C)c1ccc(C(F)(F)F)cc1.Cl.Cl. The van der Waals surface area contributed by atoms with Gasteiger partial charge >= 0.3 is 6.18 Å². The lowest BCUT2D eigenvalue weighted by molar-refractivity contribution is -0.137. The van der Waals surface area contributed by atoms with Gasteiger partial charge in [0.2, 0.25) is 0 Å². The largest absolute Gasteiger partial charge is 0.416 e. The Kier molecular flexibility index (Phi) is 11.3. The summed E-state index contributed by atoms with van der Waals surface area (Å²) in [4.78, 5) is 8.13. The maximum atomic E-state index is 12.5. The minimum atomic E-state index is -4.35. The molecule has 0 bridgehead atoms. The summed E-state index contributed by atoms with van der Waals surface area (Å²) < 4.78 is 37.5. The third kappa shape index (κ3) is 8.26. The minimum absolute atomic E-state index is 0. The number of halogens is 5. The second kappa shape index (κ2) is 11.0. The molecule has 5 nitrogen and oxygen atoms in total. The molecule has 5 N–H and O–H groups in total. The van der Waals surface area contributed by atoms with E-state index in [1.165, 1.54) is 12.1 Å². The van der Waals surface area contributed by atoms with Crippen molar-refractivity contribution in [3.8, 4) is 0 Å². The van der Waals surface area contributed by atoms with Gasteiger partial charge in [-0.1, -0.05) is 19.1 Å². The first kappa shape index (κ1) is 24.6. The summed E-state index contributed by atoms with van der Waals surface area (Å²) in [6.07, 6.45) is -3.50. The van der Waals surface area contributed by atoms with Crippen molar-refractivity contribution in [3.63, 3.8) is 0 Å². The van der Waals surface area contributed by atoms with Crippen LogP contribution in [0.2, 0.25) is 0 Å². The van der Waals surface area contributed by atoms with Gasteiger partial charge < -0.3 is 11.5 Å². The highest BCUT2D eigenvalue weighted by Crippen LogP contribution is 2.30. The summed E-state index contributed by atoms with van der Waals surface area (Å²) >= 11 is 0. The molecule has 0 saturated carbocycles. The summed E-state index contributed by atoms with van der Waals surface area (Å²) in [5.41, 5.74) is 11.2. The van der Waals surface area contributed by atoms with Gasteiger partial charge in [0, 0.05) is 6.54 Å². The molecule has 0 fully saturated rings. The van der Waals surface area contributed by atoms with Gasteiger partial charge in [-0.2, -0.15) is 13.2 Å². The topological polar surface area (TPSA) is 88.8 Å². The van der Waals surface area contributed by atoms with Crippen molar-refractivity contribution in [2.45, 2.75) is 32.5 Å². The quantitative estimate of drug-likeness (QED) is 0.547. The predicted molar refractivity (Wildman–Crippen MR) is 95.9 cm³/mol. The zero-order valence-corrected chi connectivity index (χ0v) is 14.9. The smallest absolute Gasteiger partial charge is 0.370 e. The van der Waals surface area contributed by atoms with Crippen molar-refractivity contribution < 1.29 is 13.2 Å². The highest BCUT2D eigenvalue weighted by Gasteiger charge is 2.30. The van der Waals surface area contributed by atoms with Gasteiger partial charge in [-0.3, -0.25) is 10.3 Å². The van der Waals surface area contributed by atoms with Crippen molar-refractivity contribution >= 4 is 36.7 Å². The molecular formula is C14H22Cl2F3N5. The number of nitrogens with zero attached hydrogens (tertiary/aromatic N) is 2. The first-order valence-electron chi connectivity index (χ1n) is 6.81. The highest BCUT2D eigenvalue weighted by atomic mass is 35.5. The molecule has 24 heavy (non-hydrogen) atoms. The predicted octanol–water partition coefficient (Wildman–Crippen LogP) is 3.24. The molecule has 1 aromatic carbocycles.